The van der Waals surface area contributed by atoms with Crippen LogP contribution in [0.2, 0.25) is 0 Å². The number of anilines is 1. The number of benzene rings is 2. The lowest BCUT2D eigenvalue weighted by Gasteiger charge is -2.05. The first kappa shape index (κ1) is 17.4. The molecule has 1 amide bonds. The van der Waals surface area contributed by atoms with Crippen LogP contribution in [0.15, 0.2) is 58.9 Å². The number of aryl methyl sites for hydroxylation is 1. The molecular weight excluding hydrogens is 354 g/mol. The van der Waals surface area contributed by atoms with Gasteiger partial charge >= 0.3 is 0 Å². The molecule has 1 N–H and O–H groups in total. The molecule has 1 aromatic heterocycles. The van der Waals surface area contributed by atoms with Gasteiger partial charge in [-0.05, 0) is 30.2 Å². The zero-order valence-corrected chi connectivity index (χ0v) is 15.3. The lowest BCUT2D eigenvalue weighted by atomic mass is 10.2. The number of thioether (sulfide) groups is 1. The van der Waals surface area contributed by atoms with Crippen LogP contribution in [-0.2, 0) is 10.5 Å². The molecule has 0 saturated carbocycles. The number of amides is 1. The van der Waals surface area contributed by atoms with Crippen LogP contribution < -0.4 is 10.1 Å². The van der Waals surface area contributed by atoms with Crippen LogP contribution in [-0.4, -0.2) is 22.7 Å². The third kappa shape index (κ3) is 5.58. The van der Waals surface area contributed by atoms with Gasteiger partial charge in [0.05, 0.1) is 0 Å². The first-order valence-electron chi connectivity index (χ1n) is 7.68. The van der Waals surface area contributed by atoms with Crippen molar-refractivity contribution in [3.63, 3.8) is 0 Å². The van der Waals surface area contributed by atoms with Crippen LogP contribution >= 0.6 is 23.1 Å². The van der Waals surface area contributed by atoms with Crippen LogP contribution in [0.1, 0.15) is 11.1 Å². The molecule has 128 valence electrons. The Kier molecular flexibility index (Phi) is 6.03. The van der Waals surface area contributed by atoms with Gasteiger partial charge in [0.25, 0.3) is 5.91 Å². The van der Waals surface area contributed by atoms with Gasteiger partial charge in [0.1, 0.15) is 5.75 Å². The molecule has 1 heterocycles. The predicted octanol–water partition coefficient (Wildman–Crippen LogP) is 4.16. The Labute approximate surface area is 154 Å². The average molecular weight is 371 g/mol. The third-order valence-corrected chi connectivity index (χ3v) is 5.26. The molecule has 7 heteroatoms. The van der Waals surface area contributed by atoms with E-state index in [1.165, 1.54) is 16.9 Å². The van der Waals surface area contributed by atoms with Crippen molar-refractivity contribution >= 4 is 34.1 Å². The van der Waals surface area contributed by atoms with Crippen molar-refractivity contribution in [1.82, 2.24) is 10.2 Å². The van der Waals surface area contributed by atoms with Gasteiger partial charge in [-0.25, -0.2) is 0 Å². The molecule has 0 atom stereocenters. The summed E-state index contributed by atoms with van der Waals surface area (Å²) in [5.74, 6) is 1.24. The van der Waals surface area contributed by atoms with Crippen LogP contribution in [0.25, 0.3) is 0 Å². The quantitative estimate of drug-likeness (QED) is 0.499. The summed E-state index contributed by atoms with van der Waals surface area (Å²) in [6.45, 7) is 1.92. The number of aromatic nitrogens is 2. The topological polar surface area (TPSA) is 64.1 Å². The summed E-state index contributed by atoms with van der Waals surface area (Å²) in [7, 11) is 0. The predicted molar refractivity (Wildman–Crippen MR) is 101 cm³/mol. The minimum Gasteiger partial charge on any atom is -0.484 e. The van der Waals surface area contributed by atoms with Crippen molar-refractivity contribution in [2.24, 2.45) is 0 Å². The fourth-order valence-corrected chi connectivity index (χ4v) is 3.77. The van der Waals surface area contributed by atoms with Crippen molar-refractivity contribution < 1.29 is 9.53 Å². The number of carbonyl (C=O) groups is 1. The Morgan fingerprint density at radius 3 is 2.80 bits per heavy atom. The maximum atomic E-state index is 12.0. The Balaban J connectivity index is 1.46. The summed E-state index contributed by atoms with van der Waals surface area (Å²) in [5.41, 5.74) is 2.31. The molecule has 0 radical (unpaired) electrons. The van der Waals surface area contributed by atoms with Crippen molar-refractivity contribution in [3.8, 4) is 5.75 Å². The molecule has 0 aliphatic rings. The number of hydrogen-bond acceptors (Lipinski definition) is 6. The molecule has 0 aliphatic heterocycles. The van der Waals surface area contributed by atoms with Gasteiger partial charge in [-0.3, -0.25) is 10.1 Å². The molecule has 0 fully saturated rings. The Hall–Kier alpha value is -2.38. The van der Waals surface area contributed by atoms with E-state index < -0.39 is 0 Å². The molecule has 0 bridgehead atoms. The van der Waals surface area contributed by atoms with E-state index in [1.54, 1.807) is 11.8 Å². The molecule has 5 nitrogen and oxygen atoms in total. The summed E-state index contributed by atoms with van der Waals surface area (Å²) in [6, 6.07) is 17.7. The molecule has 3 rings (SSSR count). The second kappa shape index (κ2) is 8.64. The largest absolute Gasteiger partial charge is 0.484 e. The highest BCUT2D eigenvalue weighted by atomic mass is 32.2. The fraction of sp³-hybridized carbons (Fsp3) is 0.167. The highest BCUT2D eigenvalue weighted by Gasteiger charge is 2.09. The van der Waals surface area contributed by atoms with Crippen molar-refractivity contribution in [3.05, 3.63) is 65.7 Å². The van der Waals surface area contributed by atoms with Crippen LogP contribution in [0.5, 0.6) is 5.75 Å². The lowest BCUT2D eigenvalue weighted by Crippen LogP contribution is -2.20. The molecule has 2 aromatic carbocycles. The molecule has 0 aliphatic carbocycles. The zero-order chi connectivity index (χ0) is 17.5. The van der Waals surface area contributed by atoms with Gasteiger partial charge in [-0.2, -0.15) is 0 Å². The number of hydrogen-bond donors (Lipinski definition) is 1. The molecule has 25 heavy (non-hydrogen) atoms. The summed E-state index contributed by atoms with van der Waals surface area (Å²) in [4.78, 5) is 12.0. The second-order valence-corrected chi connectivity index (χ2v) is 7.50. The van der Waals surface area contributed by atoms with Gasteiger partial charge in [0.15, 0.2) is 10.9 Å². The fourth-order valence-electron chi connectivity index (χ4n) is 2.05. The Morgan fingerprint density at radius 2 is 2.00 bits per heavy atom. The monoisotopic (exact) mass is 371 g/mol. The van der Waals surface area contributed by atoms with Crippen LogP contribution in [0.4, 0.5) is 5.13 Å². The van der Waals surface area contributed by atoms with E-state index in [-0.39, 0.29) is 12.5 Å². The zero-order valence-electron chi connectivity index (χ0n) is 13.6. The second-order valence-electron chi connectivity index (χ2n) is 5.30. The highest BCUT2D eigenvalue weighted by molar-refractivity contribution is 8.00. The average Bonchev–Trinajstić information content (AvgIpc) is 3.06. The molecule has 0 unspecified atom stereocenters. The van der Waals surface area contributed by atoms with Crippen molar-refractivity contribution in [2.75, 3.05) is 11.9 Å². The number of rotatable bonds is 7. The summed E-state index contributed by atoms with van der Waals surface area (Å²) >= 11 is 2.95. The SMILES string of the molecule is Cc1cccc(OCC(=O)Nc2nnc(SCc3ccccc3)s2)c1. The summed E-state index contributed by atoms with van der Waals surface area (Å²) < 4.78 is 6.29. The van der Waals surface area contributed by atoms with Crippen LogP contribution in [0, 0.1) is 6.92 Å². The Morgan fingerprint density at radius 1 is 1.16 bits per heavy atom. The maximum absolute atomic E-state index is 12.0. The Bertz CT molecular complexity index is 837. The maximum Gasteiger partial charge on any atom is 0.264 e. The first-order valence-corrected chi connectivity index (χ1v) is 9.49. The van der Waals surface area contributed by atoms with E-state index in [4.69, 9.17) is 4.74 Å². The number of nitrogens with zero attached hydrogens (tertiary/aromatic N) is 2. The van der Waals surface area contributed by atoms with E-state index in [0.717, 1.165) is 15.7 Å². The smallest absolute Gasteiger partial charge is 0.264 e. The van der Waals surface area contributed by atoms with Crippen molar-refractivity contribution in [2.45, 2.75) is 17.0 Å². The molecule has 3 aromatic rings. The minimum atomic E-state index is -0.253. The molecular formula is C18H17N3O2S2. The van der Waals surface area contributed by atoms with E-state index >= 15 is 0 Å². The minimum absolute atomic E-state index is 0.0600. The highest BCUT2D eigenvalue weighted by Crippen LogP contribution is 2.28. The lowest BCUT2D eigenvalue weighted by molar-refractivity contribution is -0.118. The number of carbonyl (C=O) groups excluding carboxylic acids is 1. The van der Waals surface area contributed by atoms with Gasteiger partial charge in [0.2, 0.25) is 5.13 Å². The van der Waals surface area contributed by atoms with Gasteiger partial charge in [0, 0.05) is 5.75 Å². The number of ether oxygens (including phenoxy) is 1. The summed E-state index contributed by atoms with van der Waals surface area (Å²) in [6.07, 6.45) is 0. The standard InChI is InChI=1S/C18H17N3O2S2/c1-13-6-5-9-15(10-13)23-11-16(22)19-17-20-21-18(25-17)24-12-14-7-3-2-4-8-14/h2-10H,11-12H2,1H3,(H,19,20,22). The molecule has 0 spiro atoms. The van der Waals surface area contributed by atoms with Crippen LogP contribution in [0.3, 0.4) is 0 Å². The number of nitrogens with one attached hydrogen (secondary N) is 1. The van der Waals surface area contributed by atoms with E-state index in [0.29, 0.717) is 10.9 Å². The van der Waals surface area contributed by atoms with Crippen molar-refractivity contribution in [1.29, 1.82) is 0 Å². The van der Waals surface area contributed by atoms with Gasteiger partial charge in [-0.1, -0.05) is 65.6 Å². The van der Waals surface area contributed by atoms with E-state index in [2.05, 4.69) is 27.6 Å². The van der Waals surface area contributed by atoms with E-state index in [1.807, 2.05) is 49.4 Å². The first-order chi connectivity index (χ1) is 12.2. The van der Waals surface area contributed by atoms with E-state index in [9.17, 15) is 4.79 Å². The van der Waals surface area contributed by atoms with Gasteiger partial charge in [-0.15, -0.1) is 10.2 Å². The molecule has 0 saturated heterocycles. The van der Waals surface area contributed by atoms with Gasteiger partial charge < -0.3 is 4.74 Å². The normalized spacial score (nSPS) is 10.4. The summed E-state index contributed by atoms with van der Waals surface area (Å²) in [5, 5.41) is 11.3. The third-order valence-electron chi connectivity index (χ3n) is 3.22.